The van der Waals surface area contributed by atoms with E-state index in [0.717, 1.165) is 0 Å². The fraction of sp³-hybridized carbons (Fsp3) is 0.0714. The number of rotatable bonds is 5. The van der Waals surface area contributed by atoms with Crippen molar-refractivity contribution in [3.8, 4) is 5.75 Å². The van der Waals surface area contributed by atoms with Gasteiger partial charge in [-0.15, -0.1) is 0 Å². The summed E-state index contributed by atoms with van der Waals surface area (Å²) in [5, 5.41) is 10.5. The lowest BCUT2D eigenvalue weighted by molar-refractivity contribution is -0.384. The molecule has 0 spiro atoms. The number of carbonyl (C=O) groups is 1. The quantitative estimate of drug-likeness (QED) is 0.466. The topological polar surface area (TPSA) is 69.4 Å². The lowest BCUT2D eigenvalue weighted by Crippen LogP contribution is -2.11. The fourth-order valence-corrected chi connectivity index (χ4v) is 2.05. The van der Waals surface area contributed by atoms with E-state index in [1.165, 1.54) is 42.5 Å². The van der Waals surface area contributed by atoms with Gasteiger partial charge in [-0.2, -0.15) is 0 Å². The normalized spacial score (nSPS) is 10.2. The minimum atomic E-state index is -0.541. The van der Waals surface area contributed by atoms with Gasteiger partial charge in [-0.05, 0) is 46.3 Å². The van der Waals surface area contributed by atoms with Crippen LogP contribution in [0.4, 0.5) is 10.1 Å². The van der Waals surface area contributed by atoms with E-state index in [1.807, 2.05) is 0 Å². The first-order chi connectivity index (χ1) is 9.97. The monoisotopic (exact) mass is 353 g/mol. The minimum absolute atomic E-state index is 0.0891. The summed E-state index contributed by atoms with van der Waals surface area (Å²) in [6.07, 6.45) is 0. The van der Waals surface area contributed by atoms with Crippen LogP contribution in [0, 0.1) is 15.9 Å². The van der Waals surface area contributed by atoms with Gasteiger partial charge in [0.05, 0.1) is 9.40 Å². The molecule has 0 atom stereocenters. The maximum absolute atomic E-state index is 12.9. The fourth-order valence-electron chi connectivity index (χ4n) is 1.59. The Hall–Kier alpha value is -2.28. The summed E-state index contributed by atoms with van der Waals surface area (Å²) in [6, 6.07) is 9.08. The SMILES string of the molecule is O=C(COc1ccc(F)cc1Br)c1ccc([N+](=O)[O-])cc1. The van der Waals surface area contributed by atoms with Gasteiger partial charge in [0.2, 0.25) is 0 Å². The van der Waals surface area contributed by atoms with Crippen molar-refractivity contribution in [3.63, 3.8) is 0 Å². The Bertz CT molecular complexity index is 688. The number of halogens is 2. The highest BCUT2D eigenvalue weighted by Crippen LogP contribution is 2.25. The summed E-state index contributed by atoms with van der Waals surface area (Å²) < 4.78 is 18.6. The van der Waals surface area contributed by atoms with Crippen molar-refractivity contribution in [1.29, 1.82) is 0 Å². The van der Waals surface area contributed by atoms with Crippen LogP contribution in [0.15, 0.2) is 46.9 Å². The zero-order valence-electron chi connectivity index (χ0n) is 10.6. The van der Waals surface area contributed by atoms with Crippen molar-refractivity contribution in [2.24, 2.45) is 0 Å². The Kier molecular flexibility index (Phi) is 4.64. The Labute approximate surface area is 127 Å². The molecular formula is C14H9BrFNO4. The van der Waals surface area contributed by atoms with Crippen LogP contribution < -0.4 is 4.74 Å². The minimum Gasteiger partial charge on any atom is -0.484 e. The number of ketones is 1. The number of Topliss-reactive ketones (excluding diaryl/α,β-unsaturated/α-hetero) is 1. The van der Waals surface area contributed by atoms with E-state index in [9.17, 15) is 19.3 Å². The number of hydrogen-bond acceptors (Lipinski definition) is 4. The van der Waals surface area contributed by atoms with Gasteiger partial charge in [-0.3, -0.25) is 14.9 Å². The molecule has 0 radical (unpaired) electrons. The molecule has 0 aromatic heterocycles. The maximum Gasteiger partial charge on any atom is 0.269 e. The lowest BCUT2D eigenvalue weighted by Gasteiger charge is -2.07. The van der Waals surface area contributed by atoms with Gasteiger partial charge in [-0.25, -0.2) is 4.39 Å². The molecule has 0 N–H and O–H groups in total. The average molecular weight is 354 g/mol. The molecular weight excluding hydrogens is 345 g/mol. The highest BCUT2D eigenvalue weighted by Gasteiger charge is 2.11. The molecule has 0 unspecified atom stereocenters. The zero-order valence-corrected chi connectivity index (χ0v) is 12.2. The predicted octanol–water partition coefficient (Wildman–Crippen LogP) is 3.76. The standard InChI is InChI=1S/C14H9BrFNO4/c15-12-7-10(16)3-6-14(12)21-8-13(18)9-1-4-11(5-2-9)17(19)20/h1-7H,8H2. The Morgan fingerprint density at radius 2 is 1.90 bits per heavy atom. The van der Waals surface area contributed by atoms with Crippen LogP contribution in [0.1, 0.15) is 10.4 Å². The van der Waals surface area contributed by atoms with Crippen molar-refractivity contribution in [2.75, 3.05) is 6.61 Å². The van der Waals surface area contributed by atoms with Crippen molar-refractivity contribution in [1.82, 2.24) is 0 Å². The molecule has 0 saturated carbocycles. The molecule has 0 aliphatic carbocycles. The van der Waals surface area contributed by atoms with Crippen LogP contribution in [0.25, 0.3) is 0 Å². The van der Waals surface area contributed by atoms with E-state index in [4.69, 9.17) is 4.74 Å². The number of hydrogen-bond donors (Lipinski definition) is 0. The number of non-ortho nitro benzene ring substituents is 1. The highest BCUT2D eigenvalue weighted by atomic mass is 79.9. The third kappa shape index (κ3) is 3.85. The third-order valence-electron chi connectivity index (χ3n) is 2.65. The average Bonchev–Trinajstić information content (AvgIpc) is 2.46. The molecule has 5 nitrogen and oxygen atoms in total. The Balaban J connectivity index is 2.02. The molecule has 0 aliphatic rings. The van der Waals surface area contributed by atoms with Crippen LogP contribution in [0.5, 0.6) is 5.75 Å². The first-order valence-corrected chi connectivity index (χ1v) is 6.62. The van der Waals surface area contributed by atoms with E-state index >= 15 is 0 Å². The summed E-state index contributed by atoms with van der Waals surface area (Å²) in [7, 11) is 0. The highest BCUT2D eigenvalue weighted by molar-refractivity contribution is 9.10. The number of nitro benzene ring substituents is 1. The van der Waals surface area contributed by atoms with Gasteiger partial charge in [0.15, 0.2) is 12.4 Å². The molecule has 21 heavy (non-hydrogen) atoms. The van der Waals surface area contributed by atoms with Gasteiger partial charge >= 0.3 is 0 Å². The molecule has 2 aromatic carbocycles. The molecule has 0 fully saturated rings. The van der Waals surface area contributed by atoms with E-state index in [0.29, 0.717) is 15.8 Å². The summed E-state index contributed by atoms with van der Waals surface area (Å²) in [5.74, 6) is -0.413. The van der Waals surface area contributed by atoms with E-state index in [-0.39, 0.29) is 18.1 Å². The zero-order chi connectivity index (χ0) is 15.4. The Morgan fingerprint density at radius 3 is 2.48 bits per heavy atom. The second kappa shape index (κ2) is 6.45. The summed E-state index contributed by atoms with van der Waals surface area (Å²) in [4.78, 5) is 21.9. The first kappa shape index (κ1) is 15.1. The van der Waals surface area contributed by atoms with E-state index in [1.54, 1.807) is 0 Å². The van der Waals surface area contributed by atoms with Crippen LogP contribution in [0.3, 0.4) is 0 Å². The third-order valence-corrected chi connectivity index (χ3v) is 3.27. The number of nitro groups is 1. The molecule has 2 rings (SSSR count). The van der Waals surface area contributed by atoms with Gasteiger partial charge < -0.3 is 4.74 Å². The first-order valence-electron chi connectivity index (χ1n) is 5.83. The molecule has 0 amide bonds. The van der Waals surface area contributed by atoms with Crippen molar-refractivity contribution < 1.29 is 18.8 Å². The molecule has 0 saturated heterocycles. The lowest BCUT2D eigenvalue weighted by atomic mass is 10.1. The van der Waals surface area contributed by atoms with Gasteiger partial charge in [0.25, 0.3) is 5.69 Å². The maximum atomic E-state index is 12.9. The molecule has 0 bridgehead atoms. The van der Waals surface area contributed by atoms with Crippen LogP contribution in [0.2, 0.25) is 0 Å². The molecule has 108 valence electrons. The summed E-state index contributed by atoms with van der Waals surface area (Å²) in [6.45, 7) is -0.248. The van der Waals surface area contributed by atoms with Crippen LogP contribution >= 0.6 is 15.9 Å². The van der Waals surface area contributed by atoms with Gasteiger partial charge in [-0.1, -0.05) is 0 Å². The number of benzene rings is 2. The summed E-state index contributed by atoms with van der Waals surface area (Å²) >= 11 is 3.13. The van der Waals surface area contributed by atoms with Gasteiger partial charge in [0, 0.05) is 17.7 Å². The number of nitrogens with zero attached hydrogens (tertiary/aromatic N) is 1. The molecule has 2 aromatic rings. The smallest absolute Gasteiger partial charge is 0.269 e. The summed E-state index contributed by atoms with van der Waals surface area (Å²) in [5.41, 5.74) is 0.215. The Morgan fingerprint density at radius 1 is 1.24 bits per heavy atom. The van der Waals surface area contributed by atoms with Gasteiger partial charge in [0.1, 0.15) is 11.6 Å². The van der Waals surface area contributed by atoms with Crippen LogP contribution in [-0.2, 0) is 0 Å². The van der Waals surface area contributed by atoms with Crippen molar-refractivity contribution in [2.45, 2.75) is 0 Å². The number of carbonyl (C=O) groups excluding carboxylic acids is 1. The molecule has 7 heteroatoms. The second-order valence-corrected chi connectivity index (χ2v) is 4.94. The van der Waals surface area contributed by atoms with Crippen molar-refractivity contribution >= 4 is 27.4 Å². The predicted molar refractivity (Wildman–Crippen MR) is 77.0 cm³/mol. The number of ether oxygens (including phenoxy) is 1. The largest absolute Gasteiger partial charge is 0.484 e. The van der Waals surface area contributed by atoms with Crippen molar-refractivity contribution in [3.05, 3.63) is 68.4 Å². The second-order valence-electron chi connectivity index (χ2n) is 4.09. The van der Waals surface area contributed by atoms with E-state index in [2.05, 4.69) is 15.9 Å². The van der Waals surface area contributed by atoms with Crippen LogP contribution in [-0.4, -0.2) is 17.3 Å². The molecule has 0 aliphatic heterocycles. The van der Waals surface area contributed by atoms with E-state index < -0.39 is 10.7 Å². The molecule has 0 heterocycles.